The van der Waals surface area contributed by atoms with Crippen molar-refractivity contribution in [3.05, 3.63) is 30.1 Å². The molecule has 1 aromatic carbocycles. The average molecular weight is 246 g/mol. The molecule has 4 heteroatoms. The summed E-state index contributed by atoms with van der Waals surface area (Å²) in [5.74, 6) is 0.516. The van der Waals surface area contributed by atoms with Crippen LogP contribution in [0, 0.1) is 5.92 Å². The van der Waals surface area contributed by atoms with Crippen LogP contribution in [0.25, 0.3) is 11.0 Å². The van der Waals surface area contributed by atoms with E-state index in [1.54, 1.807) is 0 Å². The first kappa shape index (κ1) is 13.1. The second kappa shape index (κ2) is 5.50. The fourth-order valence-electron chi connectivity index (χ4n) is 2.29. The van der Waals surface area contributed by atoms with Gasteiger partial charge in [0.25, 0.3) is 0 Å². The maximum Gasteiger partial charge on any atom is 0.0955 e. The number of rotatable bonds is 5. The van der Waals surface area contributed by atoms with Crippen LogP contribution >= 0.6 is 0 Å². The average Bonchev–Trinajstić information content (AvgIpc) is 2.76. The summed E-state index contributed by atoms with van der Waals surface area (Å²) in [5.41, 5.74) is 9.20. The van der Waals surface area contributed by atoms with Gasteiger partial charge in [0.2, 0.25) is 0 Å². The summed E-state index contributed by atoms with van der Waals surface area (Å²) in [4.78, 5) is 4.41. The van der Waals surface area contributed by atoms with Crippen molar-refractivity contribution in [2.24, 2.45) is 18.7 Å². The van der Waals surface area contributed by atoms with Gasteiger partial charge >= 0.3 is 0 Å². The van der Waals surface area contributed by atoms with Crippen molar-refractivity contribution in [1.82, 2.24) is 14.9 Å². The van der Waals surface area contributed by atoms with Gasteiger partial charge < -0.3 is 15.6 Å². The number of benzene rings is 1. The molecule has 0 saturated carbocycles. The van der Waals surface area contributed by atoms with Crippen molar-refractivity contribution in [3.63, 3.8) is 0 Å². The SMILES string of the molecule is CNC(CC(C)CN)c1ccc2c(c1)ncn2C. The summed E-state index contributed by atoms with van der Waals surface area (Å²) >= 11 is 0. The maximum absolute atomic E-state index is 5.70. The summed E-state index contributed by atoms with van der Waals surface area (Å²) < 4.78 is 2.04. The highest BCUT2D eigenvalue weighted by Crippen LogP contribution is 2.23. The Kier molecular flexibility index (Phi) is 3.99. The van der Waals surface area contributed by atoms with Gasteiger partial charge in [-0.25, -0.2) is 4.98 Å². The molecule has 2 rings (SSSR count). The Morgan fingerprint density at radius 1 is 1.44 bits per heavy atom. The van der Waals surface area contributed by atoms with Gasteiger partial charge in [0.15, 0.2) is 0 Å². The lowest BCUT2D eigenvalue weighted by Crippen LogP contribution is -2.22. The molecule has 98 valence electrons. The Hall–Kier alpha value is -1.39. The second-order valence-electron chi connectivity index (χ2n) is 5.02. The molecule has 0 aliphatic heterocycles. The Labute approximate surface area is 108 Å². The number of nitrogens with zero attached hydrogens (tertiary/aromatic N) is 2. The third-order valence-electron chi connectivity index (χ3n) is 3.54. The molecule has 0 amide bonds. The van der Waals surface area contributed by atoms with Crippen LogP contribution in [0.5, 0.6) is 0 Å². The standard InChI is InChI=1S/C14H22N4/c1-10(8-15)6-12(16-2)11-4-5-14-13(7-11)17-9-18(14)3/h4-5,7,9-10,12,16H,6,8,15H2,1-3H3. The maximum atomic E-state index is 5.70. The molecule has 0 fully saturated rings. The molecule has 0 spiro atoms. The van der Waals surface area contributed by atoms with E-state index in [0.717, 1.165) is 18.5 Å². The zero-order valence-electron chi connectivity index (χ0n) is 11.4. The van der Waals surface area contributed by atoms with Crippen LogP contribution in [-0.2, 0) is 7.05 Å². The molecule has 3 N–H and O–H groups in total. The number of imidazole rings is 1. The van der Waals surface area contributed by atoms with E-state index in [4.69, 9.17) is 5.73 Å². The largest absolute Gasteiger partial charge is 0.334 e. The minimum atomic E-state index is 0.343. The van der Waals surface area contributed by atoms with Gasteiger partial charge in [-0.1, -0.05) is 13.0 Å². The Morgan fingerprint density at radius 3 is 2.89 bits per heavy atom. The molecule has 2 atom stereocenters. The van der Waals surface area contributed by atoms with Crippen LogP contribution in [-0.4, -0.2) is 23.1 Å². The number of fused-ring (bicyclic) bond motifs is 1. The van der Waals surface area contributed by atoms with E-state index in [9.17, 15) is 0 Å². The van der Waals surface area contributed by atoms with Crippen molar-refractivity contribution >= 4 is 11.0 Å². The summed E-state index contributed by atoms with van der Waals surface area (Å²) in [6, 6.07) is 6.82. The lowest BCUT2D eigenvalue weighted by molar-refractivity contribution is 0.438. The molecule has 4 nitrogen and oxygen atoms in total. The third kappa shape index (κ3) is 2.54. The molecule has 0 saturated heterocycles. The summed E-state index contributed by atoms with van der Waals surface area (Å²) in [6.45, 7) is 2.91. The molecule has 0 aliphatic rings. The van der Waals surface area contributed by atoms with E-state index >= 15 is 0 Å². The Morgan fingerprint density at radius 2 is 2.22 bits per heavy atom. The van der Waals surface area contributed by atoms with Crippen molar-refractivity contribution in [2.75, 3.05) is 13.6 Å². The van der Waals surface area contributed by atoms with Gasteiger partial charge in [0.1, 0.15) is 0 Å². The van der Waals surface area contributed by atoms with Crippen LogP contribution < -0.4 is 11.1 Å². The van der Waals surface area contributed by atoms with Gasteiger partial charge in [0, 0.05) is 13.1 Å². The number of nitrogens with one attached hydrogen (secondary N) is 1. The summed E-state index contributed by atoms with van der Waals surface area (Å²) in [6.07, 6.45) is 2.90. The Bertz CT molecular complexity index is 517. The second-order valence-corrected chi connectivity index (χ2v) is 5.02. The molecule has 1 aromatic heterocycles. The molecular weight excluding hydrogens is 224 g/mol. The van der Waals surface area contributed by atoms with E-state index in [1.165, 1.54) is 11.1 Å². The molecule has 2 unspecified atom stereocenters. The third-order valence-corrected chi connectivity index (χ3v) is 3.54. The van der Waals surface area contributed by atoms with E-state index in [1.807, 2.05) is 25.0 Å². The predicted octanol–water partition coefficient (Wildman–Crippen LogP) is 1.82. The molecule has 2 aromatic rings. The zero-order chi connectivity index (χ0) is 13.1. The molecule has 0 aliphatic carbocycles. The first-order chi connectivity index (χ1) is 8.65. The fourth-order valence-corrected chi connectivity index (χ4v) is 2.29. The molecule has 18 heavy (non-hydrogen) atoms. The van der Waals surface area contributed by atoms with Crippen molar-refractivity contribution in [2.45, 2.75) is 19.4 Å². The Balaban J connectivity index is 2.27. The minimum absolute atomic E-state index is 0.343. The number of hydrogen-bond donors (Lipinski definition) is 2. The van der Waals surface area contributed by atoms with Crippen LogP contribution in [0.15, 0.2) is 24.5 Å². The van der Waals surface area contributed by atoms with E-state index in [2.05, 4.69) is 35.4 Å². The smallest absolute Gasteiger partial charge is 0.0955 e. The van der Waals surface area contributed by atoms with Gasteiger partial charge in [-0.05, 0) is 43.6 Å². The number of aromatic nitrogens is 2. The quantitative estimate of drug-likeness (QED) is 0.846. The summed E-state index contributed by atoms with van der Waals surface area (Å²) in [7, 11) is 4.01. The predicted molar refractivity (Wildman–Crippen MR) is 75.4 cm³/mol. The molecular formula is C14H22N4. The van der Waals surface area contributed by atoms with Gasteiger partial charge in [-0.3, -0.25) is 0 Å². The highest BCUT2D eigenvalue weighted by molar-refractivity contribution is 5.76. The van der Waals surface area contributed by atoms with Crippen LogP contribution in [0.3, 0.4) is 0 Å². The van der Waals surface area contributed by atoms with Crippen LogP contribution in [0.2, 0.25) is 0 Å². The number of nitrogens with two attached hydrogens (primary N) is 1. The number of hydrogen-bond acceptors (Lipinski definition) is 3. The van der Waals surface area contributed by atoms with Crippen molar-refractivity contribution in [3.8, 4) is 0 Å². The topological polar surface area (TPSA) is 55.9 Å². The highest BCUT2D eigenvalue weighted by Gasteiger charge is 2.13. The van der Waals surface area contributed by atoms with Crippen LogP contribution in [0.1, 0.15) is 24.9 Å². The van der Waals surface area contributed by atoms with E-state index in [0.29, 0.717) is 12.0 Å². The van der Waals surface area contributed by atoms with Crippen molar-refractivity contribution < 1.29 is 0 Å². The number of aryl methyl sites for hydroxylation is 1. The lowest BCUT2D eigenvalue weighted by Gasteiger charge is -2.20. The van der Waals surface area contributed by atoms with Gasteiger partial charge in [-0.15, -0.1) is 0 Å². The monoisotopic (exact) mass is 246 g/mol. The van der Waals surface area contributed by atoms with Crippen LogP contribution in [0.4, 0.5) is 0 Å². The zero-order valence-corrected chi connectivity index (χ0v) is 11.4. The van der Waals surface area contributed by atoms with Gasteiger partial charge in [0.05, 0.1) is 17.4 Å². The van der Waals surface area contributed by atoms with Crippen molar-refractivity contribution in [1.29, 1.82) is 0 Å². The van der Waals surface area contributed by atoms with E-state index < -0.39 is 0 Å². The molecule has 0 radical (unpaired) electrons. The first-order valence-electron chi connectivity index (χ1n) is 6.44. The van der Waals surface area contributed by atoms with E-state index in [-0.39, 0.29) is 0 Å². The summed E-state index contributed by atoms with van der Waals surface area (Å²) in [5, 5.41) is 3.36. The molecule has 0 bridgehead atoms. The minimum Gasteiger partial charge on any atom is -0.334 e. The molecule has 1 heterocycles. The van der Waals surface area contributed by atoms with Gasteiger partial charge in [-0.2, -0.15) is 0 Å². The highest BCUT2D eigenvalue weighted by atomic mass is 15.0. The first-order valence-corrected chi connectivity index (χ1v) is 6.44. The lowest BCUT2D eigenvalue weighted by atomic mass is 9.96. The fraction of sp³-hybridized carbons (Fsp3) is 0.500. The normalized spacial score (nSPS) is 14.9.